The summed E-state index contributed by atoms with van der Waals surface area (Å²) in [7, 11) is -3.89. The standard InChI is InChI=1S/C10H13N3O4S/c11-4-3-7-1-2-8(9(14)5-7)13-6-10(15)12-18(13,16)17/h1-2,5,14H,3-4,6,11H2,(H,12,15). The Hall–Kier alpha value is -1.80. The van der Waals surface area contributed by atoms with Gasteiger partial charge in [0.15, 0.2) is 0 Å². The zero-order valence-electron chi connectivity index (χ0n) is 9.46. The number of hydrogen-bond acceptors (Lipinski definition) is 5. The molecule has 0 unspecified atom stereocenters. The molecular formula is C10H13N3O4S. The molecule has 18 heavy (non-hydrogen) atoms. The third-order valence-electron chi connectivity index (χ3n) is 2.56. The van der Waals surface area contributed by atoms with Crippen molar-refractivity contribution in [3.05, 3.63) is 23.8 Å². The minimum absolute atomic E-state index is 0.0779. The third kappa shape index (κ3) is 2.24. The van der Waals surface area contributed by atoms with Gasteiger partial charge in [-0.3, -0.25) is 4.79 Å². The van der Waals surface area contributed by atoms with Gasteiger partial charge in [0.1, 0.15) is 12.3 Å². The minimum Gasteiger partial charge on any atom is -0.506 e. The Bertz CT molecular complexity index is 585. The van der Waals surface area contributed by atoms with Crippen LogP contribution < -0.4 is 14.8 Å². The van der Waals surface area contributed by atoms with Crippen molar-refractivity contribution in [2.45, 2.75) is 6.42 Å². The number of benzene rings is 1. The number of nitrogens with one attached hydrogen (secondary N) is 1. The van der Waals surface area contributed by atoms with Gasteiger partial charge in [-0.05, 0) is 30.7 Å². The summed E-state index contributed by atoms with van der Waals surface area (Å²) in [5.74, 6) is -0.818. The maximum absolute atomic E-state index is 11.6. The molecule has 0 aliphatic carbocycles. The van der Waals surface area contributed by atoms with Crippen LogP contribution in [0.3, 0.4) is 0 Å². The average Bonchev–Trinajstić information content (AvgIpc) is 2.52. The highest BCUT2D eigenvalue weighted by atomic mass is 32.2. The molecule has 0 aromatic heterocycles. The van der Waals surface area contributed by atoms with Gasteiger partial charge in [-0.1, -0.05) is 6.07 Å². The summed E-state index contributed by atoms with van der Waals surface area (Å²) in [6, 6.07) is 4.57. The predicted molar refractivity (Wildman–Crippen MR) is 65.3 cm³/mol. The van der Waals surface area contributed by atoms with Gasteiger partial charge in [-0.15, -0.1) is 0 Å². The highest BCUT2D eigenvalue weighted by Gasteiger charge is 2.35. The third-order valence-corrected chi connectivity index (χ3v) is 3.95. The lowest BCUT2D eigenvalue weighted by Gasteiger charge is -2.16. The van der Waals surface area contributed by atoms with E-state index in [9.17, 15) is 18.3 Å². The number of phenols is 1. The summed E-state index contributed by atoms with van der Waals surface area (Å²) in [5.41, 5.74) is 6.27. The van der Waals surface area contributed by atoms with Crippen molar-refractivity contribution in [2.24, 2.45) is 5.73 Å². The highest BCUT2D eigenvalue weighted by Crippen LogP contribution is 2.31. The van der Waals surface area contributed by atoms with Crippen LogP contribution in [0.15, 0.2) is 18.2 Å². The van der Waals surface area contributed by atoms with Crippen molar-refractivity contribution in [2.75, 3.05) is 17.4 Å². The predicted octanol–water partition coefficient (Wildman–Crippen LogP) is -0.926. The van der Waals surface area contributed by atoms with E-state index in [0.29, 0.717) is 13.0 Å². The first-order valence-electron chi connectivity index (χ1n) is 5.29. The fraction of sp³-hybridized carbons (Fsp3) is 0.300. The minimum atomic E-state index is -3.89. The van der Waals surface area contributed by atoms with Gasteiger partial charge in [0, 0.05) is 0 Å². The van der Waals surface area contributed by atoms with E-state index in [4.69, 9.17) is 5.73 Å². The number of carbonyl (C=O) groups is 1. The average molecular weight is 271 g/mol. The number of aromatic hydroxyl groups is 1. The molecule has 4 N–H and O–H groups in total. The van der Waals surface area contributed by atoms with Crippen molar-refractivity contribution in [1.82, 2.24) is 4.72 Å². The van der Waals surface area contributed by atoms with Gasteiger partial charge in [0.2, 0.25) is 0 Å². The molecule has 0 saturated carbocycles. The van der Waals surface area contributed by atoms with Crippen molar-refractivity contribution in [3.8, 4) is 5.75 Å². The number of rotatable bonds is 3. The Labute approximate surface area is 104 Å². The number of phenolic OH excluding ortho intramolecular Hbond substituents is 1. The number of nitrogens with zero attached hydrogens (tertiary/aromatic N) is 1. The first kappa shape index (κ1) is 12.7. The maximum atomic E-state index is 11.6. The number of nitrogens with two attached hydrogens (primary N) is 1. The van der Waals surface area contributed by atoms with Gasteiger partial charge in [0.05, 0.1) is 5.69 Å². The second-order valence-electron chi connectivity index (χ2n) is 3.90. The van der Waals surface area contributed by atoms with Gasteiger partial charge < -0.3 is 10.8 Å². The number of anilines is 1. The summed E-state index contributed by atoms with van der Waals surface area (Å²) >= 11 is 0. The van der Waals surface area contributed by atoms with Crippen LogP contribution in [0.5, 0.6) is 5.75 Å². The van der Waals surface area contributed by atoms with E-state index in [1.165, 1.54) is 12.1 Å². The van der Waals surface area contributed by atoms with Crippen molar-refractivity contribution in [1.29, 1.82) is 0 Å². The molecule has 0 bridgehead atoms. The van der Waals surface area contributed by atoms with Crippen molar-refractivity contribution < 1.29 is 18.3 Å². The Morgan fingerprint density at radius 3 is 2.67 bits per heavy atom. The molecule has 1 amide bonds. The van der Waals surface area contributed by atoms with Crippen LogP contribution in [0.1, 0.15) is 5.56 Å². The Balaban J connectivity index is 2.37. The van der Waals surface area contributed by atoms with E-state index in [1.54, 1.807) is 6.07 Å². The van der Waals surface area contributed by atoms with E-state index >= 15 is 0 Å². The number of hydrogen-bond donors (Lipinski definition) is 3. The fourth-order valence-electron chi connectivity index (χ4n) is 1.76. The van der Waals surface area contributed by atoms with E-state index in [1.807, 2.05) is 4.72 Å². The monoisotopic (exact) mass is 271 g/mol. The topological polar surface area (TPSA) is 113 Å². The highest BCUT2D eigenvalue weighted by molar-refractivity contribution is 7.92. The lowest BCUT2D eigenvalue weighted by Crippen LogP contribution is -2.29. The molecule has 1 aliphatic heterocycles. The molecular weight excluding hydrogens is 258 g/mol. The molecule has 7 nitrogen and oxygen atoms in total. The molecule has 1 aliphatic rings. The molecule has 1 heterocycles. The SMILES string of the molecule is NCCc1ccc(N2CC(=O)NS2(=O)=O)c(O)c1. The molecule has 98 valence electrons. The zero-order valence-corrected chi connectivity index (χ0v) is 10.3. The van der Waals surface area contributed by atoms with Gasteiger partial charge in [0.25, 0.3) is 5.91 Å². The molecule has 0 spiro atoms. The van der Waals surface area contributed by atoms with E-state index < -0.39 is 16.1 Å². The molecule has 8 heteroatoms. The first-order chi connectivity index (χ1) is 8.44. The maximum Gasteiger partial charge on any atom is 0.326 e. The van der Waals surface area contributed by atoms with Crippen molar-refractivity contribution in [3.63, 3.8) is 0 Å². The Morgan fingerprint density at radius 1 is 1.44 bits per heavy atom. The molecule has 1 aromatic rings. The fourth-order valence-corrected chi connectivity index (χ4v) is 2.93. The molecule has 0 radical (unpaired) electrons. The van der Waals surface area contributed by atoms with Gasteiger partial charge in [-0.25, -0.2) is 9.03 Å². The molecule has 2 rings (SSSR count). The smallest absolute Gasteiger partial charge is 0.326 e. The second kappa shape index (κ2) is 4.46. The molecule has 0 atom stereocenters. The van der Waals surface area contributed by atoms with Crippen LogP contribution in [-0.2, 0) is 21.4 Å². The van der Waals surface area contributed by atoms with Crippen LogP contribution in [0, 0.1) is 0 Å². The number of carbonyl (C=O) groups excluding carboxylic acids is 1. The number of amides is 1. The summed E-state index contributed by atoms with van der Waals surface area (Å²) in [5, 5.41) is 9.81. The van der Waals surface area contributed by atoms with Gasteiger partial charge in [-0.2, -0.15) is 8.42 Å². The summed E-state index contributed by atoms with van der Waals surface area (Å²) in [4.78, 5) is 11.1. The van der Waals surface area contributed by atoms with Gasteiger partial charge >= 0.3 is 10.2 Å². The van der Waals surface area contributed by atoms with E-state index in [0.717, 1.165) is 9.87 Å². The Kier molecular flexibility index (Phi) is 3.14. The summed E-state index contributed by atoms with van der Waals surface area (Å²) in [6.45, 7) is 0.104. The first-order valence-corrected chi connectivity index (χ1v) is 6.73. The molecule has 1 aromatic carbocycles. The van der Waals surface area contributed by atoms with Crippen LogP contribution in [-0.4, -0.2) is 32.5 Å². The molecule has 1 fully saturated rings. The zero-order chi connectivity index (χ0) is 13.3. The lowest BCUT2D eigenvalue weighted by molar-refractivity contribution is -0.117. The van der Waals surface area contributed by atoms with E-state index in [2.05, 4.69) is 0 Å². The lowest BCUT2D eigenvalue weighted by atomic mass is 10.1. The Morgan fingerprint density at radius 2 is 2.17 bits per heavy atom. The van der Waals surface area contributed by atoms with E-state index in [-0.39, 0.29) is 18.0 Å². The summed E-state index contributed by atoms with van der Waals surface area (Å²) in [6.07, 6.45) is 0.581. The van der Waals surface area contributed by atoms with Crippen LogP contribution in [0.25, 0.3) is 0 Å². The van der Waals surface area contributed by atoms with Crippen LogP contribution >= 0.6 is 0 Å². The second-order valence-corrected chi connectivity index (χ2v) is 5.49. The quantitative estimate of drug-likeness (QED) is 0.657. The largest absolute Gasteiger partial charge is 0.506 e. The van der Waals surface area contributed by atoms with Crippen LogP contribution in [0.4, 0.5) is 5.69 Å². The van der Waals surface area contributed by atoms with Crippen molar-refractivity contribution >= 4 is 21.8 Å². The normalized spacial score (nSPS) is 17.8. The summed E-state index contributed by atoms with van der Waals surface area (Å²) < 4.78 is 25.9. The molecule has 1 saturated heterocycles. The van der Waals surface area contributed by atoms with Crippen LogP contribution in [0.2, 0.25) is 0 Å².